The molecular weight excluding hydrogens is 541 g/mol. The summed E-state index contributed by atoms with van der Waals surface area (Å²) in [5, 5.41) is 2.56. The lowest BCUT2D eigenvalue weighted by molar-refractivity contribution is 1.34. The Labute approximate surface area is 266 Å². The molecule has 7 aromatic rings. The summed E-state index contributed by atoms with van der Waals surface area (Å²) in [6.07, 6.45) is 0. The monoisotopic (exact) mass is 575 g/mol. The third-order valence-electron chi connectivity index (χ3n) is 9.60. The molecule has 0 aliphatic carbocycles. The number of benzene rings is 7. The molecule has 0 aromatic heterocycles. The van der Waals surface area contributed by atoms with Crippen molar-refractivity contribution in [1.82, 2.24) is 0 Å². The van der Waals surface area contributed by atoms with E-state index in [1.165, 1.54) is 83.1 Å². The van der Waals surface area contributed by atoms with Crippen LogP contribution in [-0.4, -0.2) is 6.85 Å². The second-order valence-corrected chi connectivity index (χ2v) is 12.2. The number of rotatable bonds is 4. The fourth-order valence-corrected chi connectivity index (χ4v) is 7.53. The third-order valence-corrected chi connectivity index (χ3v) is 9.60. The lowest BCUT2D eigenvalue weighted by Gasteiger charge is -2.41. The summed E-state index contributed by atoms with van der Waals surface area (Å²) in [6, 6.07) is 55.6. The maximum absolute atomic E-state index is 2.56. The first-order valence-corrected chi connectivity index (χ1v) is 15.8. The van der Waals surface area contributed by atoms with Crippen LogP contribution in [-0.2, 0) is 0 Å². The maximum Gasteiger partial charge on any atom is 0.329 e. The molecule has 0 amide bonds. The molecule has 2 heteroatoms. The van der Waals surface area contributed by atoms with E-state index in [9.17, 15) is 0 Å². The molecule has 45 heavy (non-hydrogen) atoms. The molecule has 1 nitrogen and oxygen atoms in total. The van der Waals surface area contributed by atoms with Gasteiger partial charge in [-0.2, -0.15) is 0 Å². The van der Waals surface area contributed by atoms with Crippen molar-refractivity contribution >= 4 is 39.9 Å². The molecule has 0 fully saturated rings. The number of anilines is 2. The minimum absolute atomic E-state index is 0.00245. The predicted molar refractivity (Wildman–Crippen MR) is 195 cm³/mol. The Balaban J connectivity index is 1.56. The molecule has 214 valence electrons. The zero-order valence-corrected chi connectivity index (χ0v) is 26.0. The van der Waals surface area contributed by atoms with E-state index in [1.54, 1.807) is 0 Å². The summed E-state index contributed by atoms with van der Waals surface area (Å²) in [7, 11) is 0. The number of hydrogen-bond donors (Lipinski definition) is 0. The fourth-order valence-electron chi connectivity index (χ4n) is 7.53. The van der Waals surface area contributed by atoms with Crippen LogP contribution < -0.4 is 15.7 Å². The van der Waals surface area contributed by atoms with Gasteiger partial charge in [0, 0.05) is 16.9 Å². The largest absolute Gasteiger partial charge is 0.376 e. The summed E-state index contributed by atoms with van der Waals surface area (Å²) in [5.41, 5.74) is 16.8. The molecule has 1 heterocycles. The molecule has 0 atom stereocenters. The minimum Gasteiger partial charge on any atom is -0.376 e. The molecule has 1 aliphatic rings. The SMILES string of the molecule is Cc1ccccc1B1c2c(cc(-c3ccccc3)c(-c3c(C)ccc4ccccc34)c2C)-c2ccccc2N1c1ccccc1. The second-order valence-electron chi connectivity index (χ2n) is 12.2. The van der Waals surface area contributed by atoms with Crippen LogP contribution in [0.1, 0.15) is 16.7 Å². The van der Waals surface area contributed by atoms with Crippen LogP contribution in [0.2, 0.25) is 0 Å². The van der Waals surface area contributed by atoms with Gasteiger partial charge in [0.2, 0.25) is 0 Å². The highest BCUT2D eigenvalue weighted by Crippen LogP contribution is 2.46. The Hall–Kier alpha value is -5.34. The van der Waals surface area contributed by atoms with E-state index < -0.39 is 0 Å². The van der Waals surface area contributed by atoms with Crippen molar-refractivity contribution in [1.29, 1.82) is 0 Å². The molecule has 7 aromatic carbocycles. The Bertz CT molecular complexity index is 2200. The lowest BCUT2D eigenvalue weighted by Crippen LogP contribution is -2.59. The second kappa shape index (κ2) is 11.0. The Morgan fingerprint density at radius 3 is 1.96 bits per heavy atom. The van der Waals surface area contributed by atoms with E-state index in [4.69, 9.17) is 0 Å². The molecular formula is C43H34BN. The number of fused-ring (bicyclic) bond motifs is 4. The van der Waals surface area contributed by atoms with Crippen LogP contribution in [0.15, 0.2) is 152 Å². The summed E-state index contributed by atoms with van der Waals surface area (Å²) >= 11 is 0. The smallest absolute Gasteiger partial charge is 0.329 e. The van der Waals surface area contributed by atoms with Gasteiger partial charge in [0.05, 0.1) is 0 Å². The summed E-state index contributed by atoms with van der Waals surface area (Å²) in [4.78, 5) is 2.56. The predicted octanol–water partition coefficient (Wildman–Crippen LogP) is 10.0. The quantitative estimate of drug-likeness (QED) is 0.189. The lowest BCUT2D eigenvalue weighted by atomic mass is 9.43. The van der Waals surface area contributed by atoms with Gasteiger partial charge in [-0.3, -0.25) is 0 Å². The van der Waals surface area contributed by atoms with Crippen LogP contribution in [0.25, 0.3) is 44.2 Å². The van der Waals surface area contributed by atoms with Gasteiger partial charge in [0.1, 0.15) is 0 Å². The van der Waals surface area contributed by atoms with Crippen molar-refractivity contribution in [3.63, 3.8) is 0 Å². The van der Waals surface area contributed by atoms with Crippen molar-refractivity contribution in [3.05, 3.63) is 168 Å². The van der Waals surface area contributed by atoms with E-state index in [2.05, 4.69) is 177 Å². The van der Waals surface area contributed by atoms with Crippen LogP contribution in [0.5, 0.6) is 0 Å². The normalized spacial score (nSPS) is 12.2. The van der Waals surface area contributed by atoms with Crippen molar-refractivity contribution in [2.45, 2.75) is 20.8 Å². The molecule has 0 N–H and O–H groups in total. The molecule has 0 unspecified atom stereocenters. The Morgan fingerprint density at radius 2 is 1.16 bits per heavy atom. The van der Waals surface area contributed by atoms with Gasteiger partial charge >= 0.3 is 6.85 Å². The standard InChI is InChI=1S/C43H34BN/c1-29-16-10-14-24-39(29)44-43-31(3)42(41-30(2)26-27-33-19-11-12-22-35(33)41)37(32-17-6-4-7-18-32)28-38(43)36-23-13-15-25-40(36)45(44)34-20-8-5-9-21-34/h4-28H,1-3H3. The van der Waals surface area contributed by atoms with Gasteiger partial charge in [-0.15, -0.1) is 0 Å². The van der Waals surface area contributed by atoms with E-state index in [-0.39, 0.29) is 6.85 Å². The first-order chi connectivity index (χ1) is 22.1. The molecule has 0 saturated carbocycles. The Kier molecular flexibility index (Phi) is 6.65. The highest BCUT2D eigenvalue weighted by Gasteiger charge is 2.40. The average Bonchev–Trinajstić information content (AvgIpc) is 3.09. The van der Waals surface area contributed by atoms with Crippen LogP contribution in [0.3, 0.4) is 0 Å². The average molecular weight is 576 g/mol. The van der Waals surface area contributed by atoms with Gasteiger partial charge in [-0.05, 0) is 106 Å². The molecule has 0 bridgehead atoms. The summed E-state index contributed by atoms with van der Waals surface area (Å²) in [5.74, 6) is 0. The first-order valence-electron chi connectivity index (χ1n) is 15.8. The van der Waals surface area contributed by atoms with Crippen molar-refractivity contribution in [2.24, 2.45) is 0 Å². The highest BCUT2D eigenvalue weighted by molar-refractivity contribution is 6.91. The van der Waals surface area contributed by atoms with Gasteiger partial charge in [0.25, 0.3) is 0 Å². The maximum atomic E-state index is 2.56. The molecule has 0 saturated heterocycles. The minimum atomic E-state index is -0.00245. The topological polar surface area (TPSA) is 3.24 Å². The number of aryl methyl sites for hydroxylation is 2. The van der Waals surface area contributed by atoms with Gasteiger partial charge in [-0.1, -0.05) is 133 Å². The highest BCUT2D eigenvalue weighted by atomic mass is 15.1. The van der Waals surface area contributed by atoms with Gasteiger partial charge in [0.15, 0.2) is 0 Å². The van der Waals surface area contributed by atoms with Crippen LogP contribution in [0.4, 0.5) is 11.4 Å². The van der Waals surface area contributed by atoms with Gasteiger partial charge in [-0.25, -0.2) is 0 Å². The van der Waals surface area contributed by atoms with E-state index in [0.29, 0.717) is 0 Å². The zero-order chi connectivity index (χ0) is 30.5. The van der Waals surface area contributed by atoms with Crippen LogP contribution in [0, 0.1) is 20.8 Å². The molecule has 1 aliphatic heterocycles. The number of para-hydroxylation sites is 2. The van der Waals surface area contributed by atoms with Crippen molar-refractivity contribution in [3.8, 4) is 33.4 Å². The van der Waals surface area contributed by atoms with E-state index in [0.717, 1.165) is 0 Å². The Morgan fingerprint density at radius 1 is 0.489 bits per heavy atom. The zero-order valence-electron chi connectivity index (χ0n) is 26.0. The number of hydrogen-bond acceptors (Lipinski definition) is 1. The molecule has 0 spiro atoms. The summed E-state index contributed by atoms with van der Waals surface area (Å²) in [6.45, 7) is 6.88. The van der Waals surface area contributed by atoms with E-state index >= 15 is 0 Å². The number of nitrogens with zero attached hydrogens (tertiary/aromatic N) is 1. The first kappa shape index (κ1) is 27.2. The fraction of sp³-hybridized carbons (Fsp3) is 0.0698. The molecule has 8 rings (SSSR count). The molecule has 0 radical (unpaired) electrons. The van der Waals surface area contributed by atoms with Crippen molar-refractivity contribution < 1.29 is 0 Å². The van der Waals surface area contributed by atoms with Crippen LogP contribution >= 0.6 is 0 Å². The third kappa shape index (κ3) is 4.40. The summed E-state index contributed by atoms with van der Waals surface area (Å²) < 4.78 is 0. The van der Waals surface area contributed by atoms with Gasteiger partial charge < -0.3 is 4.81 Å². The van der Waals surface area contributed by atoms with Crippen molar-refractivity contribution in [2.75, 3.05) is 4.81 Å². The van der Waals surface area contributed by atoms with E-state index in [1.807, 2.05) is 0 Å².